The van der Waals surface area contributed by atoms with E-state index < -0.39 is 23.7 Å². The van der Waals surface area contributed by atoms with Gasteiger partial charge in [-0.2, -0.15) is 0 Å². The highest BCUT2D eigenvalue weighted by atomic mass is 35.5. The molecular formula is C10H10ClF2NO3. The zero-order chi connectivity index (χ0) is 13.0. The third-order valence-corrected chi connectivity index (χ3v) is 2.44. The van der Waals surface area contributed by atoms with Gasteiger partial charge in [0.2, 0.25) is 0 Å². The average molecular weight is 266 g/mol. The van der Waals surface area contributed by atoms with Gasteiger partial charge in [-0.25, -0.2) is 8.78 Å². The molecule has 0 saturated carbocycles. The van der Waals surface area contributed by atoms with Crippen molar-refractivity contribution in [3.8, 4) is 5.75 Å². The van der Waals surface area contributed by atoms with Gasteiger partial charge in [0.1, 0.15) is 5.75 Å². The quantitative estimate of drug-likeness (QED) is 0.670. The molecule has 0 atom stereocenters. The van der Waals surface area contributed by atoms with E-state index in [1.807, 2.05) is 0 Å². The summed E-state index contributed by atoms with van der Waals surface area (Å²) in [5.74, 6) is -1.58. The van der Waals surface area contributed by atoms with E-state index in [1.165, 1.54) is 0 Å². The van der Waals surface area contributed by atoms with Gasteiger partial charge >= 0.3 is 5.97 Å². The fourth-order valence-electron chi connectivity index (χ4n) is 1.28. The number of halogens is 3. The summed E-state index contributed by atoms with van der Waals surface area (Å²) in [5, 5.41) is 9.61. The molecule has 1 N–H and O–H groups in total. The lowest BCUT2D eigenvalue weighted by molar-refractivity contribution is -0.139. The molecule has 1 aromatic rings. The second-order valence-corrected chi connectivity index (χ2v) is 3.45. The van der Waals surface area contributed by atoms with E-state index in [4.69, 9.17) is 11.6 Å². The lowest BCUT2D eigenvalue weighted by Crippen LogP contribution is -2.08. The number of nitrogens with zero attached hydrogens (tertiary/aromatic N) is 1. The minimum atomic E-state index is -2.89. The molecule has 0 aliphatic rings. The van der Waals surface area contributed by atoms with Crippen molar-refractivity contribution in [2.45, 2.75) is 18.7 Å². The number of esters is 1. The van der Waals surface area contributed by atoms with Gasteiger partial charge in [-0.15, -0.1) is 11.6 Å². The first kappa shape index (κ1) is 13.6. The molecule has 1 heterocycles. The first-order chi connectivity index (χ1) is 8.01. The highest BCUT2D eigenvalue weighted by molar-refractivity contribution is 6.17. The Balaban J connectivity index is 3.18. The highest BCUT2D eigenvalue weighted by Crippen LogP contribution is 2.34. The summed E-state index contributed by atoms with van der Waals surface area (Å²) in [6, 6.07) is 0. The van der Waals surface area contributed by atoms with E-state index in [2.05, 4.69) is 9.72 Å². The van der Waals surface area contributed by atoms with Gasteiger partial charge in [-0.05, 0) is 5.56 Å². The minimum absolute atomic E-state index is 0.0350. The number of aromatic nitrogens is 1. The second-order valence-electron chi connectivity index (χ2n) is 3.18. The van der Waals surface area contributed by atoms with Crippen LogP contribution >= 0.6 is 11.6 Å². The number of hydrogen-bond acceptors (Lipinski definition) is 4. The van der Waals surface area contributed by atoms with Crippen molar-refractivity contribution in [3.05, 3.63) is 23.0 Å². The zero-order valence-corrected chi connectivity index (χ0v) is 9.67. The molecule has 1 aromatic heterocycles. The van der Waals surface area contributed by atoms with Crippen LogP contribution in [-0.4, -0.2) is 23.2 Å². The Labute approximate surface area is 101 Å². The summed E-state index contributed by atoms with van der Waals surface area (Å²) in [5.41, 5.74) is -0.706. The van der Waals surface area contributed by atoms with Gasteiger partial charge in [0.05, 0.1) is 24.8 Å². The fourth-order valence-corrected chi connectivity index (χ4v) is 1.50. The second kappa shape index (κ2) is 5.77. The van der Waals surface area contributed by atoms with Crippen LogP contribution in [-0.2, 0) is 21.8 Å². The van der Waals surface area contributed by atoms with Crippen LogP contribution in [0.2, 0.25) is 0 Å². The molecule has 1 rings (SSSR count). The van der Waals surface area contributed by atoms with Crippen molar-refractivity contribution in [1.29, 1.82) is 0 Å². The van der Waals surface area contributed by atoms with Crippen molar-refractivity contribution in [3.63, 3.8) is 0 Å². The molecule has 17 heavy (non-hydrogen) atoms. The van der Waals surface area contributed by atoms with Crippen LogP contribution in [0.15, 0.2) is 6.20 Å². The smallest absolute Gasteiger partial charge is 0.311 e. The third-order valence-electron chi connectivity index (χ3n) is 2.15. The van der Waals surface area contributed by atoms with Crippen molar-refractivity contribution >= 4 is 17.6 Å². The van der Waals surface area contributed by atoms with E-state index in [1.54, 1.807) is 0 Å². The number of carbonyl (C=O) groups is 1. The maximum Gasteiger partial charge on any atom is 0.311 e. The molecule has 0 amide bonds. The maximum atomic E-state index is 12.7. The number of hydrogen-bond donors (Lipinski definition) is 1. The van der Waals surface area contributed by atoms with Crippen molar-refractivity contribution in [1.82, 2.24) is 4.98 Å². The molecule has 0 radical (unpaired) electrons. The summed E-state index contributed by atoms with van der Waals surface area (Å²) >= 11 is 5.46. The van der Waals surface area contributed by atoms with Crippen molar-refractivity contribution in [2.75, 3.05) is 7.11 Å². The molecule has 94 valence electrons. The van der Waals surface area contributed by atoms with Gasteiger partial charge in [-0.1, -0.05) is 0 Å². The molecular weight excluding hydrogens is 256 g/mol. The first-order valence-electron chi connectivity index (χ1n) is 4.61. The zero-order valence-electron chi connectivity index (χ0n) is 8.91. The average Bonchev–Trinajstić information content (AvgIpc) is 2.30. The van der Waals surface area contributed by atoms with E-state index in [-0.39, 0.29) is 23.6 Å². The molecule has 0 aliphatic heterocycles. The Hall–Kier alpha value is -1.43. The van der Waals surface area contributed by atoms with Gasteiger partial charge in [0, 0.05) is 12.1 Å². The Morgan fingerprint density at radius 2 is 2.29 bits per heavy atom. The highest BCUT2D eigenvalue weighted by Gasteiger charge is 2.22. The Morgan fingerprint density at radius 1 is 1.65 bits per heavy atom. The number of alkyl halides is 3. The van der Waals surface area contributed by atoms with Gasteiger partial charge < -0.3 is 9.84 Å². The first-order valence-corrected chi connectivity index (χ1v) is 5.15. The van der Waals surface area contributed by atoms with E-state index in [0.29, 0.717) is 0 Å². The SMILES string of the molecule is COC(=O)Cc1ncc(CCl)c(C(F)F)c1O. The molecule has 0 aliphatic carbocycles. The lowest BCUT2D eigenvalue weighted by Gasteiger charge is -2.11. The molecule has 4 nitrogen and oxygen atoms in total. The minimum Gasteiger partial charge on any atom is -0.506 e. The van der Waals surface area contributed by atoms with Crippen LogP contribution < -0.4 is 0 Å². The van der Waals surface area contributed by atoms with Crippen LogP contribution in [0, 0.1) is 0 Å². The number of carbonyl (C=O) groups excluding carboxylic acids is 1. The number of ether oxygens (including phenoxy) is 1. The molecule has 0 aromatic carbocycles. The molecule has 7 heteroatoms. The monoisotopic (exact) mass is 265 g/mol. The Morgan fingerprint density at radius 3 is 2.76 bits per heavy atom. The summed E-state index contributed by atoms with van der Waals surface area (Å²) < 4.78 is 29.8. The number of aromatic hydroxyl groups is 1. The van der Waals surface area contributed by atoms with Crippen molar-refractivity contribution < 1.29 is 23.4 Å². The van der Waals surface area contributed by atoms with Crippen LogP contribution in [0.25, 0.3) is 0 Å². The van der Waals surface area contributed by atoms with E-state index >= 15 is 0 Å². The van der Waals surface area contributed by atoms with Crippen LogP contribution in [0.5, 0.6) is 5.75 Å². The van der Waals surface area contributed by atoms with Crippen LogP contribution in [0.1, 0.15) is 23.2 Å². The molecule has 0 fully saturated rings. The van der Waals surface area contributed by atoms with Crippen LogP contribution in [0.3, 0.4) is 0 Å². The van der Waals surface area contributed by atoms with Gasteiger partial charge in [0.25, 0.3) is 6.43 Å². The Kier molecular flexibility index (Phi) is 4.62. The number of pyridine rings is 1. The van der Waals surface area contributed by atoms with Gasteiger partial charge in [0.15, 0.2) is 0 Å². The summed E-state index contributed by atoms with van der Waals surface area (Å²) in [6.45, 7) is 0. The predicted molar refractivity (Wildman–Crippen MR) is 56.1 cm³/mol. The van der Waals surface area contributed by atoms with Gasteiger partial charge in [-0.3, -0.25) is 9.78 Å². The topological polar surface area (TPSA) is 59.4 Å². The molecule has 0 saturated heterocycles. The summed E-state index contributed by atoms with van der Waals surface area (Å²) in [7, 11) is 1.15. The van der Waals surface area contributed by atoms with Crippen molar-refractivity contribution in [2.24, 2.45) is 0 Å². The normalized spacial score (nSPS) is 10.6. The Bertz CT molecular complexity index is 426. The molecule has 0 bridgehead atoms. The fraction of sp³-hybridized carbons (Fsp3) is 0.400. The molecule has 0 unspecified atom stereocenters. The standard InChI is InChI=1S/C10H10ClF2NO3/c1-17-7(15)2-6-9(16)8(10(12)13)5(3-11)4-14-6/h4,10,16H,2-3H2,1H3. The molecule has 0 spiro atoms. The van der Waals surface area contributed by atoms with E-state index in [9.17, 15) is 18.7 Å². The largest absolute Gasteiger partial charge is 0.506 e. The lowest BCUT2D eigenvalue weighted by atomic mass is 10.1. The third kappa shape index (κ3) is 3.03. The number of methoxy groups -OCH3 is 1. The summed E-state index contributed by atoms with van der Waals surface area (Å²) in [4.78, 5) is 14.7. The number of rotatable bonds is 4. The van der Waals surface area contributed by atoms with E-state index in [0.717, 1.165) is 13.3 Å². The predicted octanol–water partition coefficient (Wildman–Crippen LogP) is 2.18. The maximum absolute atomic E-state index is 12.7. The summed E-state index contributed by atoms with van der Waals surface area (Å²) in [6.07, 6.45) is -2.14. The van der Waals surface area contributed by atoms with Crippen LogP contribution in [0.4, 0.5) is 8.78 Å².